The first-order valence-corrected chi connectivity index (χ1v) is 18.6. The molecule has 8 unspecified atom stereocenters. The Hall–Kier alpha value is -4.17. The van der Waals surface area contributed by atoms with Crippen LogP contribution in [0.1, 0.15) is 60.3 Å². The van der Waals surface area contributed by atoms with Gasteiger partial charge in [0.15, 0.2) is 25.2 Å². The fourth-order valence-corrected chi connectivity index (χ4v) is 7.98. The Balaban J connectivity index is 1.81. The molecular weight excluding hydrogens is 776 g/mol. The van der Waals surface area contributed by atoms with Crippen LogP contribution >= 0.6 is 0 Å². The SMILES string of the molecule is CO[C@H]1OC(C)[C@@H](NC=O)C(O)C1O[C@H]1OC(C)[C@@H](NC=O)[C@@]2(O[C@H]3OC(C)[C@@H](NC=O)C(O)C3O[C@H](/C=N/NC(C)=O)OC(C)=C(C=O)NC=O)CCCCC12O. The Morgan fingerprint density at radius 1 is 0.828 bits per heavy atom. The molecule has 23 heteroatoms. The zero-order chi connectivity index (χ0) is 42.8. The second-order valence-corrected chi connectivity index (χ2v) is 14.3. The van der Waals surface area contributed by atoms with E-state index in [2.05, 4.69) is 31.8 Å². The number of ether oxygens (including phenoxy) is 8. The fourth-order valence-electron chi connectivity index (χ4n) is 7.98. The van der Waals surface area contributed by atoms with Crippen LogP contribution in [0.15, 0.2) is 16.6 Å². The van der Waals surface area contributed by atoms with Crippen molar-refractivity contribution in [3.05, 3.63) is 11.5 Å². The monoisotopic (exact) mass is 830 g/mol. The summed E-state index contributed by atoms with van der Waals surface area (Å²) < 4.78 is 49.1. The van der Waals surface area contributed by atoms with Crippen LogP contribution < -0.4 is 26.7 Å². The minimum Gasteiger partial charge on any atom is -0.462 e. The predicted molar refractivity (Wildman–Crippen MR) is 193 cm³/mol. The van der Waals surface area contributed by atoms with Crippen molar-refractivity contribution in [3.63, 3.8) is 0 Å². The summed E-state index contributed by atoms with van der Waals surface area (Å²) in [6.07, 6.45) is -11.5. The number of rotatable bonds is 20. The van der Waals surface area contributed by atoms with Crippen LogP contribution in [0.25, 0.3) is 0 Å². The molecule has 0 radical (unpaired) electrons. The minimum atomic E-state index is -2.17. The summed E-state index contributed by atoms with van der Waals surface area (Å²) >= 11 is 0. The number of aliphatic hydroxyl groups excluding tert-OH is 2. The normalized spacial score (nSPS) is 39.8. The first-order valence-electron chi connectivity index (χ1n) is 18.6. The summed E-state index contributed by atoms with van der Waals surface area (Å²) in [4.78, 5) is 69.8. The highest BCUT2D eigenvalue weighted by molar-refractivity contribution is 5.77. The van der Waals surface area contributed by atoms with Gasteiger partial charge in [-0.25, -0.2) is 5.43 Å². The Kier molecular flexibility index (Phi) is 16.6. The molecular formula is C35H54N6O17. The predicted octanol–water partition coefficient (Wildman–Crippen LogP) is -3.60. The van der Waals surface area contributed by atoms with Crippen molar-refractivity contribution < 1.29 is 82.0 Å². The molecule has 0 aromatic rings. The summed E-state index contributed by atoms with van der Waals surface area (Å²) in [6.45, 7) is 7.22. The molecule has 5 amide bonds. The number of carbonyl (C=O) groups is 6. The van der Waals surface area contributed by atoms with E-state index in [0.29, 0.717) is 38.4 Å². The number of nitrogens with one attached hydrogen (secondary N) is 5. The van der Waals surface area contributed by atoms with Gasteiger partial charge < -0.3 is 74.5 Å². The summed E-state index contributed by atoms with van der Waals surface area (Å²) in [7, 11) is 1.32. The molecule has 58 heavy (non-hydrogen) atoms. The van der Waals surface area contributed by atoms with Gasteiger partial charge >= 0.3 is 0 Å². The number of hydrazone groups is 1. The molecule has 326 valence electrons. The van der Waals surface area contributed by atoms with Crippen molar-refractivity contribution >= 4 is 44.0 Å². The third-order valence-corrected chi connectivity index (χ3v) is 10.8. The minimum absolute atomic E-state index is 0.0330. The number of nitrogens with zero attached hydrogens (tertiary/aromatic N) is 1. The molecule has 16 atom stereocenters. The van der Waals surface area contributed by atoms with E-state index in [1.807, 2.05) is 0 Å². The topological polar surface area (TPSA) is 309 Å². The van der Waals surface area contributed by atoms with Crippen LogP contribution in [-0.2, 0) is 66.7 Å². The second-order valence-electron chi connectivity index (χ2n) is 14.3. The van der Waals surface area contributed by atoms with Gasteiger partial charge in [-0.05, 0) is 40.5 Å². The zero-order valence-corrected chi connectivity index (χ0v) is 32.9. The average molecular weight is 831 g/mol. The lowest BCUT2D eigenvalue weighted by molar-refractivity contribution is -0.422. The van der Waals surface area contributed by atoms with Crippen molar-refractivity contribution in [2.45, 2.75) is 158 Å². The van der Waals surface area contributed by atoms with E-state index in [1.165, 1.54) is 27.9 Å². The summed E-state index contributed by atoms with van der Waals surface area (Å²) in [5, 5.41) is 49.9. The van der Waals surface area contributed by atoms with E-state index in [1.54, 1.807) is 13.8 Å². The van der Waals surface area contributed by atoms with E-state index in [9.17, 15) is 44.1 Å². The van der Waals surface area contributed by atoms with Crippen molar-refractivity contribution in [2.24, 2.45) is 5.10 Å². The third-order valence-electron chi connectivity index (χ3n) is 10.8. The van der Waals surface area contributed by atoms with Gasteiger partial charge in [0.05, 0.1) is 42.7 Å². The van der Waals surface area contributed by atoms with Crippen LogP contribution in [0.2, 0.25) is 0 Å². The number of aliphatic hydroxyl groups is 3. The number of fused-ring (bicyclic) bond motifs is 1. The second kappa shape index (κ2) is 20.7. The highest BCUT2D eigenvalue weighted by atomic mass is 16.8. The van der Waals surface area contributed by atoms with Gasteiger partial charge in [-0.2, -0.15) is 5.10 Å². The fraction of sp³-hybridized carbons (Fsp3) is 0.743. The van der Waals surface area contributed by atoms with Crippen molar-refractivity contribution in [1.29, 1.82) is 0 Å². The van der Waals surface area contributed by atoms with Gasteiger partial charge in [-0.15, -0.1) is 0 Å². The summed E-state index contributed by atoms with van der Waals surface area (Å²) in [6, 6.07) is -3.21. The molecule has 4 rings (SSSR count). The lowest BCUT2D eigenvalue weighted by atomic mass is 9.64. The molecule has 23 nitrogen and oxygen atoms in total. The maximum atomic E-state index is 13.0. The molecule has 3 heterocycles. The van der Waals surface area contributed by atoms with E-state index in [0.717, 1.165) is 6.21 Å². The molecule has 1 aliphatic carbocycles. The lowest BCUT2D eigenvalue weighted by Gasteiger charge is -2.62. The highest BCUT2D eigenvalue weighted by Crippen LogP contribution is 2.52. The summed E-state index contributed by atoms with van der Waals surface area (Å²) in [5.74, 6) is -0.758. The number of hydrogen-bond acceptors (Lipinski definition) is 18. The molecule has 4 fully saturated rings. The van der Waals surface area contributed by atoms with Gasteiger partial charge in [0, 0.05) is 14.0 Å². The molecule has 0 spiro atoms. The zero-order valence-electron chi connectivity index (χ0n) is 32.9. The molecule has 3 aliphatic heterocycles. The molecule has 0 aromatic heterocycles. The number of amides is 5. The largest absolute Gasteiger partial charge is 0.462 e. The van der Waals surface area contributed by atoms with Gasteiger partial charge in [0.1, 0.15) is 47.1 Å². The van der Waals surface area contributed by atoms with E-state index in [-0.39, 0.29) is 30.7 Å². The van der Waals surface area contributed by atoms with E-state index in [4.69, 9.17) is 37.9 Å². The van der Waals surface area contributed by atoms with E-state index >= 15 is 0 Å². The smallest absolute Gasteiger partial charge is 0.238 e. The van der Waals surface area contributed by atoms with Crippen LogP contribution in [0.3, 0.4) is 0 Å². The lowest BCUT2D eigenvalue weighted by Crippen LogP contribution is -2.80. The van der Waals surface area contributed by atoms with Crippen LogP contribution in [0.4, 0.5) is 0 Å². The Labute approximate surface area is 333 Å². The van der Waals surface area contributed by atoms with Crippen molar-refractivity contribution in [2.75, 3.05) is 7.11 Å². The maximum Gasteiger partial charge on any atom is 0.238 e. The van der Waals surface area contributed by atoms with Gasteiger partial charge in [-0.1, -0.05) is 12.8 Å². The van der Waals surface area contributed by atoms with E-state index < -0.39 is 103 Å². The first kappa shape index (κ1) is 46.5. The first-order chi connectivity index (χ1) is 27.7. The Bertz CT molecular complexity index is 1510. The van der Waals surface area contributed by atoms with Crippen LogP contribution in [-0.4, -0.2) is 164 Å². The number of carbonyl (C=O) groups excluding carboxylic acids is 6. The number of aldehydes is 1. The highest BCUT2D eigenvalue weighted by Gasteiger charge is 2.69. The Morgan fingerprint density at radius 2 is 1.43 bits per heavy atom. The molecule has 4 aliphatic rings. The summed E-state index contributed by atoms with van der Waals surface area (Å²) in [5.41, 5.74) is -2.18. The van der Waals surface area contributed by atoms with Gasteiger partial charge in [-0.3, -0.25) is 28.8 Å². The third kappa shape index (κ3) is 9.81. The Morgan fingerprint density at radius 3 is 2.00 bits per heavy atom. The average Bonchev–Trinajstić information content (AvgIpc) is 3.18. The molecule has 3 saturated heterocycles. The molecule has 8 N–H and O–H groups in total. The number of allylic oxidation sites excluding steroid dienone is 2. The van der Waals surface area contributed by atoms with Crippen LogP contribution in [0.5, 0.6) is 0 Å². The molecule has 0 aromatic carbocycles. The van der Waals surface area contributed by atoms with Gasteiger partial charge in [0.25, 0.3) is 0 Å². The molecule has 0 bridgehead atoms. The standard InChI is InChI=1S/C35H54N6O17/c1-17(22(12-42)36-13-43)52-23(11-40-41-21(5)47)56-29-27(49)25(38-15-45)19(3)54-32(29)58-35-10-8-7-9-34(35,50)33(55-20(4)30(35)39-16-46)57-28-26(48)24(37-14-44)18(2)53-31(28)51-6/h11-16,18-20,23-33,48-50H,7-10H2,1-6H3,(H,36,43)(H,37,44)(H,38,45)(H,39,46)(H,41,47)/b22-17?,40-11+/t18?,19?,20?,23-,24-,25-,26?,27?,28?,29?,30-,31+,32-,33-,34?,35+/m1/s1. The van der Waals surface area contributed by atoms with Gasteiger partial charge in [0.2, 0.25) is 37.8 Å². The van der Waals surface area contributed by atoms with Crippen molar-refractivity contribution in [3.8, 4) is 0 Å². The quantitative estimate of drug-likeness (QED) is 0.0147. The number of hydrogen-bond donors (Lipinski definition) is 8. The maximum absolute atomic E-state index is 13.0. The van der Waals surface area contributed by atoms with Crippen molar-refractivity contribution in [1.82, 2.24) is 26.7 Å². The van der Waals surface area contributed by atoms with Crippen LogP contribution in [0, 0.1) is 0 Å². The molecule has 1 saturated carbocycles. The number of methoxy groups -OCH3 is 1.